The molecular formula is C51H40Cl6O2P2. The number of hydrogen-bond acceptors (Lipinski definition) is 2. The van der Waals surface area contributed by atoms with E-state index in [0.29, 0.717) is 0 Å². The summed E-state index contributed by atoms with van der Waals surface area (Å²) in [5.74, 6) is -1.06. The molecule has 2 nitrogen and oxygen atoms in total. The van der Waals surface area contributed by atoms with Crippen LogP contribution in [0.2, 0.25) is 30.1 Å². The summed E-state index contributed by atoms with van der Waals surface area (Å²) in [6.45, 7) is 4.82. The molecule has 0 fully saturated rings. The van der Waals surface area contributed by atoms with E-state index >= 15 is 0 Å². The van der Waals surface area contributed by atoms with Gasteiger partial charge in [-0.1, -0.05) is 190 Å². The quantitative estimate of drug-likeness (QED) is 0.113. The molecule has 8 aromatic carbocycles. The Kier molecular flexibility index (Phi) is 16.3. The first-order valence-corrected chi connectivity index (χ1v) is 25.8. The molecule has 0 aliphatic heterocycles. The van der Waals surface area contributed by atoms with Gasteiger partial charge in [-0.05, 0) is 102 Å². The van der Waals surface area contributed by atoms with Gasteiger partial charge in [-0.25, -0.2) is 0 Å². The highest BCUT2D eigenvalue weighted by Crippen LogP contribution is 2.52. The monoisotopic (exact) mass is 956 g/mol. The number of hydrogen-bond donors (Lipinski definition) is 0. The van der Waals surface area contributed by atoms with E-state index in [4.69, 9.17) is 69.6 Å². The molecule has 308 valence electrons. The lowest BCUT2D eigenvalue weighted by Crippen LogP contribution is -2.30. The van der Waals surface area contributed by atoms with E-state index in [1.54, 1.807) is 0 Å². The van der Waals surface area contributed by atoms with Crippen molar-refractivity contribution < 1.29 is 10.2 Å². The molecule has 0 unspecified atom stereocenters. The zero-order valence-corrected chi connectivity index (χ0v) is 39.5. The van der Waals surface area contributed by atoms with Gasteiger partial charge < -0.3 is 10.2 Å². The number of rotatable bonds is 8. The van der Waals surface area contributed by atoms with Crippen molar-refractivity contribution in [1.29, 1.82) is 0 Å². The molecule has 10 heteroatoms. The SMILES string of the molecule is C[P+](c1ccccc1)(c1ccccc1)c1ccccc1.C[P+](c1ccccc1)(c1ccccc1)c1ccccc1.[O-]c1c(Cl)cc(Cl)c(Cl)c1Cc1c([O-])c(Cl)cc(Cl)c1Cl. The van der Waals surface area contributed by atoms with E-state index in [-0.39, 0.29) is 47.7 Å². The largest absolute Gasteiger partial charge is 0.871 e. The lowest BCUT2D eigenvalue weighted by molar-refractivity contribution is -0.270. The highest BCUT2D eigenvalue weighted by molar-refractivity contribution is 7.95. The van der Waals surface area contributed by atoms with Crippen molar-refractivity contribution in [2.75, 3.05) is 13.3 Å². The Labute approximate surface area is 390 Å². The molecule has 0 aromatic heterocycles. The molecule has 61 heavy (non-hydrogen) atoms. The Hall–Kier alpha value is -4.04. The number of halogens is 6. The van der Waals surface area contributed by atoms with Crippen LogP contribution in [0.1, 0.15) is 11.1 Å². The first-order chi connectivity index (χ1) is 29.4. The summed E-state index contributed by atoms with van der Waals surface area (Å²) < 4.78 is 0. The van der Waals surface area contributed by atoms with Gasteiger partial charge in [-0.15, -0.1) is 0 Å². The summed E-state index contributed by atoms with van der Waals surface area (Å²) in [5, 5.41) is 32.7. The average Bonchev–Trinajstić information content (AvgIpc) is 3.31. The smallest absolute Gasteiger partial charge is 0.109 e. The molecule has 0 saturated heterocycles. The molecule has 8 rings (SSSR count). The maximum absolute atomic E-state index is 12.1. The fraction of sp³-hybridized carbons (Fsp3) is 0.0588. The van der Waals surface area contributed by atoms with Crippen molar-refractivity contribution in [1.82, 2.24) is 0 Å². The Bertz CT molecular complexity index is 2230. The van der Waals surface area contributed by atoms with Crippen molar-refractivity contribution in [3.05, 3.63) is 235 Å². The minimum Gasteiger partial charge on any atom is -0.871 e. The second kappa shape index (κ2) is 21.4. The van der Waals surface area contributed by atoms with Crippen LogP contribution >= 0.6 is 84.1 Å². The van der Waals surface area contributed by atoms with Crippen LogP contribution in [-0.4, -0.2) is 13.3 Å². The molecule has 8 aromatic rings. The zero-order chi connectivity index (χ0) is 43.6. The summed E-state index contributed by atoms with van der Waals surface area (Å²) in [6.07, 6.45) is -0.171. The maximum atomic E-state index is 12.1. The molecular weight excluding hydrogens is 919 g/mol. The molecule has 0 amide bonds. The fourth-order valence-electron chi connectivity index (χ4n) is 7.00. The third-order valence-electron chi connectivity index (χ3n) is 10.4. The molecule has 0 N–H and O–H groups in total. The van der Waals surface area contributed by atoms with Crippen molar-refractivity contribution in [3.63, 3.8) is 0 Å². The van der Waals surface area contributed by atoms with Gasteiger partial charge in [0.25, 0.3) is 0 Å². The van der Waals surface area contributed by atoms with Crippen LogP contribution < -0.4 is 42.0 Å². The molecule has 0 saturated carbocycles. The van der Waals surface area contributed by atoms with Crippen molar-refractivity contribution in [2.24, 2.45) is 0 Å². The third-order valence-corrected chi connectivity index (χ3v) is 20.6. The first-order valence-electron chi connectivity index (χ1n) is 19.1. The molecule has 0 bridgehead atoms. The molecule has 0 heterocycles. The van der Waals surface area contributed by atoms with E-state index in [9.17, 15) is 10.2 Å². The van der Waals surface area contributed by atoms with Crippen molar-refractivity contribution in [3.8, 4) is 11.5 Å². The summed E-state index contributed by atoms with van der Waals surface area (Å²) in [4.78, 5) is 0. The van der Waals surface area contributed by atoms with Gasteiger partial charge in [-0.2, -0.15) is 0 Å². The van der Waals surface area contributed by atoms with Gasteiger partial charge in [0, 0.05) is 10.0 Å². The van der Waals surface area contributed by atoms with Crippen LogP contribution in [0.15, 0.2) is 194 Å². The highest BCUT2D eigenvalue weighted by atomic mass is 35.5. The predicted molar refractivity (Wildman–Crippen MR) is 267 cm³/mol. The summed E-state index contributed by atoms with van der Waals surface area (Å²) in [6, 6.07) is 67.8. The van der Waals surface area contributed by atoms with E-state index in [2.05, 4.69) is 195 Å². The van der Waals surface area contributed by atoms with Crippen molar-refractivity contribution >= 4 is 116 Å². The van der Waals surface area contributed by atoms with E-state index < -0.39 is 26.0 Å². The van der Waals surface area contributed by atoms with Gasteiger partial charge in [-0.3, -0.25) is 0 Å². The third kappa shape index (κ3) is 10.6. The van der Waals surface area contributed by atoms with Gasteiger partial charge >= 0.3 is 0 Å². The van der Waals surface area contributed by atoms with Crippen molar-refractivity contribution in [2.45, 2.75) is 6.42 Å². The highest BCUT2D eigenvalue weighted by Gasteiger charge is 2.40. The molecule has 0 atom stereocenters. The maximum Gasteiger partial charge on any atom is 0.109 e. The molecule has 0 spiro atoms. The summed E-state index contributed by atoms with van der Waals surface area (Å²) in [7, 11) is -3.05. The Morgan fingerprint density at radius 3 is 0.721 bits per heavy atom. The van der Waals surface area contributed by atoms with E-state index in [1.165, 1.54) is 44.0 Å². The Morgan fingerprint density at radius 2 is 0.525 bits per heavy atom. The van der Waals surface area contributed by atoms with Crippen LogP contribution in [-0.2, 0) is 6.42 Å². The van der Waals surface area contributed by atoms with Gasteiger partial charge in [0.1, 0.15) is 46.4 Å². The first kappa shape index (κ1) is 46.5. The zero-order valence-electron chi connectivity index (χ0n) is 33.2. The summed E-state index contributed by atoms with van der Waals surface area (Å²) in [5.41, 5.74) is 0.123. The topological polar surface area (TPSA) is 46.1 Å². The molecule has 0 radical (unpaired) electrons. The van der Waals surface area contributed by atoms with Gasteiger partial charge in [0.2, 0.25) is 0 Å². The van der Waals surface area contributed by atoms with Crippen LogP contribution in [0.25, 0.3) is 0 Å². The minimum absolute atomic E-state index is 0.0117. The Morgan fingerprint density at radius 1 is 0.328 bits per heavy atom. The lowest BCUT2D eigenvalue weighted by atomic mass is 10.0. The number of benzene rings is 8. The van der Waals surface area contributed by atoms with Crippen LogP contribution in [0.3, 0.4) is 0 Å². The fourth-order valence-corrected chi connectivity index (χ4v) is 14.8. The molecule has 0 aliphatic rings. The van der Waals surface area contributed by atoms with Crippen LogP contribution in [0, 0.1) is 0 Å². The van der Waals surface area contributed by atoms with Gasteiger partial charge in [0.05, 0.1) is 33.4 Å². The van der Waals surface area contributed by atoms with Gasteiger partial charge in [0.15, 0.2) is 0 Å². The predicted octanol–water partition coefficient (Wildman–Crippen LogP) is 12.6. The second-order valence-corrected chi connectivity index (χ2v) is 23.6. The van der Waals surface area contributed by atoms with Crippen LogP contribution in [0.4, 0.5) is 0 Å². The standard InChI is InChI=1S/2C19H18P.C13H6Cl6O2/c2*1-20(17-11-5-2-6-12-17,18-13-7-3-8-14-18)19-15-9-4-10-16-19;14-6-2-8(16)12(20)4(10(6)18)1-5-11(19)7(15)3-9(17)13(5)21/h2*2-16H,1H3;2-3,20-21H,1H2/q2*+1;/p-2. The van der Waals surface area contributed by atoms with Crippen LogP contribution in [0.5, 0.6) is 11.5 Å². The minimum atomic E-state index is -1.53. The second-order valence-electron chi connectivity index (χ2n) is 14.1. The average molecular weight is 960 g/mol. The summed E-state index contributed by atoms with van der Waals surface area (Å²) >= 11 is 35.3. The Balaban J connectivity index is 0.000000153. The molecule has 0 aliphatic carbocycles. The lowest BCUT2D eigenvalue weighted by Gasteiger charge is -2.23. The van der Waals surface area contributed by atoms with E-state index in [1.807, 2.05) is 0 Å². The normalized spacial score (nSPS) is 11.1. The van der Waals surface area contributed by atoms with E-state index in [0.717, 1.165) is 0 Å².